The van der Waals surface area contributed by atoms with E-state index in [-0.39, 0.29) is 12.4 Å². The number of hydrogen-bond donors (Lipinski definition) is 0. The van der Waals surface area contributed by atoms with Crippen LogP contribution in [0.1, 0.15) is 13.3 Å². The standard InChI is InChI=1S/C10H10O4/c1-2-10-4-3-7(11)5-8(10)13-6-9(12)14-10/h3-5H,2,6H2,1H3. The highest BCUT2D eigenvalue weighted by Crippen LogP contribution is 2.34. The van der Waals surface area contributed by atoms with E-state index >= 15 is 0 Å². The van der Waals surface area contributed by atoms with E-state index in [0.29, 0.717) is 12.2 Å². The SMILES string of the molecule is CCC12C=CC(=O)C=C1OCC(=O)O2. The molecule has 1 aliphatic heterocycles. The maximum atomic E-state index is 11.1. The van der Waals surface area contributed by atoms with Crippen molar-refractivity contribution in [2.75, 3.05) is 6.61 Å². The van der Waals surface area contributed by atoms with E-state index in [2.05, 4.69) is 0 Å². The van der Waals surface area contributed by atoms with Gasteiger partial charge in [-0.15, -0.1) is 0 Å². The monoisotopic (exact) mass is 194 g/mol. The number of carbonyl (C=O) groups excluding carboxylic acids is 2. The van der Waals surface area contributed by atoms with Crippen LogP contribution in [0, 0.1) is 0 Å². The third-order valence-corrected chi connectivity index (χ3v) is 2.37. The van der Waals surface area contributed by atoms with Crippen molar-refractivity contribution in [3.05, 3.63) is 24.0 Å². The van der Waals surface area contributed by atoms with Crippen LogP contribution in [-0.4, -0.2) is 24.0 Å². The van der Waals surface area contributed by atoms with Crippen LogP contribution in [0.2, 0.25) is 0 Å². The summed E-state index contributed by atoms with van der Waals surface area (Å²) in [6.45, 7) is 1.75. The summed E-state index contributed by atoms with van der Waals surface area (Å²) in [7, 11) is 0. The van der Waals surface area contributed by atoms with Crippen LogP contribution in [-0.2, 0) is 19.1 Å². The molecule has 0 saturated carbocycles. The first-order chi connectivity index (χ1) is 6.66. The van der Waals surface area contributed by atoms with Gasteiger partial charge in [0.15, 0.2) is 18.0 Å². The van der Waals surface area contributed by atoms with Crippen molar-refractivity contribution in [3.63, 3.8) is 0 Å². The van der Waals surface area contributed by atoms with E-state index in [9.17, 15) is 9.59 Å². The summed E-state index contributed by atoms with van der Waals surface area (Å²) in [4.78, 5) is 22.1. The number of esters is 1. The molecule has 0 aromatic rings. The number of fused-ring (bicyclic) bond motifs is 1. The molecule has 0 radical (unpaired) electrons. The number of allylic oxidation sites excluding steroid dienone is 2. The lowest BCUT2D eigenvalue weighted by Gasteiger charge is -2.36. The van der Waals surface area contributed by atoms with Crippen LogP contribution in [0.25, 0.3) is 0 Å². The van der Waals surface area contributed by atoms with Crippen molar-refractivity contribution in [3.8, 4) is 0 Å². The molecule has 1 heterocycles. The Morgan fingerprint density at radius 2 is 2.29 bits per heavy atom. The van der Waals surface area contributed by atoms with E-state index in [1.54, 1.807) is 6.08 Å². The van der Waals surface area contributed by atoms with E-state index < -0.39 is 11.6 Å². The van der Waals surface area contributed by atoms with Crippen LogP contribution >= 0.6 is 0 Å². The normalized spacial score (nSPS) is 30.2. The van der Waals surface area contributed by atoms with Gasteiger partial charge in [-0.3, -0.25) is 4.79 Å². The zero-order valence-electron chi connectivity index (χ0n) is 7.78. The average Bonchev–Trinajstić information content (AvgIpc) is 2.19. The molecule has 2 rings (SSSR count). The highest BCUT2D eigenvalue weighted by Gasteiger charge is 2.42. The van der Waals surface area contributed by atoms with E-state index in [1.807, 2.05) is 6.92 Å². The predicted octanol–water partition coefficient (Wildman–Crippen LogP) is 0.731. The van der Waals surface area contributed by atoms with Gasteiger partial charge < -0.3 is 9.47 Å². The van der Waals surface area contributed by atoms with E-state index in [1.165, 1.54) is 12.2 Å². The molecule has 1 saturated heterocycles. The van der Waals surface area contributed by atoms with E-state index in [0.717, 1.165) is 0 Å². The predicted molar refractivity (Wildman–Crippen MR) is 47.3 cm³/mol. The van der Waals surface area contributed by atoms with Crippen LogP contribution in [0.15, 0.2) is 24.0 Å². The minimum absolute atomic E-state index is 0.116. The lowest BCUT2D eigenvalue weighted by molar-refractivity contribution is -0.170. The molecular weight excluding hydrogens is 184 g/mol. The first kappa shape index (κ1) is 8.99. The second kappa shape index (κ2) is 2.97. The molecule has 4 nitrogen and oxygen atoms in total. The third kappa shape index (κ3) is 1.23. The number of rotatable bonds is 1. The summed E-state index contributed by atoms with van der Waals surface area (Å²) in [5.74, 6) is -0.0999. The Hall–Kier alpha value is -1.58. The quantitative estimate of drug-likeness (QED) is 0.577. The topological polar surface area (TPSA) is 52.6 Å². The molecule has 1 atom stereocenters. The van der Waals surface area contributed by atoms with Crippen LogP contribution in [0.5, 0.6) is 0 Å². The Labute approximate surface area is 81.2 Å². The Morgan fingerprint density at radius 3 is 3.00 bits per heavy atom. The van der Waals surface area contributed by atoms with Gasteiger partial charge in [0.05, 0.1) is 0 Å². The van der Waals surface area contributed by atoms with Crippen molar-refractivity contribution < 1.29 is 19.1 Å². The minimum atomic E-state index is -0.844. The van der Waals surface area contributed by atoms with Gasteiger partial charge in [0.25, 0.3) is 0 Å². The molecule has 0 bridgehead atoms. The van der Waals surface area contributed by atoms with Gasteiger partial charge in [-0.25, -0.2) is 4.79 Å². The summed E-state index contributed by atoms with van der Waals surface area (Å²) in [6, 6.07) is 0. The molecule has 0 N–H and O–H groups in total. The lowest BCUT2D eigenvalue weighted by Crippen LogP contribution is -2.43. The molecule has 0 aromatic carbocycles. The van der Waals surface area contributed by atoms with Crippen molar-refractivity contribution >= 4 is 11.8 Å². The zero-order chi connectivity index (χ0) is 10.2. The molecule has 74 valence electrons. The molecule has 4 heteroatoms. The molecule has 1 unspecified atom stereocenters. The molecular formula is C10H10O4. The molecule has 14 heavy (non-hydrogen) atoms. The highest BCUT2D eigenvalue weighted by atomic mass is 16.6. The summed E-state index contributed by atoms with van der Waals surface area (Å²) in [5, 5.41) is 0. The summed E-state index contributed by atoms with van der Waals surface area (Å²) in [5.41, 5.74) is -0.844. The van der Waals surface area contributed by atoms with E-state index in [4.69, 9.17) is 9.47 Å². The van der Waals surface area contributed by atoms with Crippen molar-refractivity contribution in [2.45, 2.75) is 18.9 Å². The van der Waals surface area contributed by atoms with Gasteiger partial charge in [-0.1, -0.05) is 6.92 Å². The number of hydrogen-bond acceptors (Lipinski definition) is 4. The van der Waals surface area contributed by atoms with Gasteiger partial charge in [0.1, 0.15) is 5.76 Å². The largest absolute Gasteiger partial charge is 0.481 e. The minimum Gasteiger partial charge on any atom is -0.481 e. The first-order valence-corrected chi connectivity index (χ1v) is 4.46. The number of ketones is 1. The Morgan fingerprint density at radius 1 is 1.50 bits per heavy atom. The second-order valence-electron chi connectivity index (χ2n) is 3.25. The Balaban J connectivity index is 2.38. The molecule has 0 spiro atoms. The Bertz CT molecular complexity index is 353. The van der Waals surface area contributed by atoms with Crippen LogP contribution in [0.4, 0.5) is 0 Å². The van der Waals surface area contributed by atoms with Gasteiger partial charge in [-0.05, 0) is 18.6 Å². The molecule has 0 amide bonds. The fourth-order valence-corrected chi connectivity index (χ4v) is 1.58. The van der Waals surface area contributed by atoms with Crippen molar-refractivity contribution in [1.82, 2.24) is 0 Å². The maximum Gasteiger partial charge on any atom is 0.345 e. The molecule has 2 aliphatic rings. The smallest absolute Gasteiger partial charge is 0.345 e. The van der Waals surface area contributed by atoms with Crippen molar-refractivity contribution in [1.29, 1.82) is 0 Å². The fourth-order valence-electron chi connectivity index (χ4n) is 1.58. The van der Waals surface area contributed by atoms with Gasteiger partial charge in [0, 0.05) is 6.08 Å². The van der Waals surface area contributed by atoms with Crippen LogP contribution < -0.4 is 0 Å². The summed E-state index contributed by atoms with van der Waals surface area (Å²) in [6.07, 6.45) is 4.92. The van der Waals surface area contributed by atoms with Gasteiger partial charge in [-0.2, -0.15) is 0 Å². The summed E-state index contributed by atoms with van der Waals surface area (Å²) >= 11 is 0. The van der Waals surface area contributed by atoms with Crippen molar-refractivity contribution in [2.24, 2.45) is 0 Å². The fraction of sp³-hybridized carbons (Fsp3) is 0.400. The highest BCUT2D eigenvalue weighted by molar-refractivity contribution is 6.01. The van der Waals surface area contributed by atoms with Gasteiger partial charge in [0.2, 0.25) is 0 Å². The third-order valence-electron chi connectivity index (χ3n) is 2.37. The lowest BCUT2D eigenvalue weighted by atomic mass is 9.91. The van der Waals surface area contributed by atoms with Gasteiger partial charge >= 0.3 is 5.97 Å². The Kier molecular flexibility index (Phi) is 1.91. The second-order valence-corrected chi connectivity index (χ2v) is 3.25. The first-order valence-electron chi connectivity index (χ1n) is 4.46. The molecule has 1 fully saturated rings. The average molecular weight is 194 g/mol. The number of carbonyl (C=O) groups is 2. The molecule has 1 aliphatic carbocycles. The maximum absolute atomic E-state index is 11.1. The summed E-state index contributed by atoms with van der Waals surface area (Å²) < 4.78 is 10.4. The number of ether oxygens (including phenoxy) is 2. The molecule has 0 aromatic heterocycles. The van der Waals surface area contributed by atoms with Crippen LogP contribution in [0.3, 0.4) is 0 Å². The zero-order valence-corrected chi connectivity index (χ0v) is 7.78.